The van der Waals surface area contributed by atoms with Crippen molar-refractivity contribution < 1.29 is 9.59 Å². The van der Waals surface area contributed by atoms with E-state index >= 15 is 0 Å². The molecule has 0 spiro atoms. The molecule has 0 radical (unpaired) electrons. The van der Waals surface area contributed by atoms with Crippen LogP contribution < -0.4 is 5.32 Å². The minimum atomic E-state index is -0.0647. The molecule has 142 valence electrons. The summed E-state index contributed by atoms with van der Waals surface area (Å²) < 4.78 is 0. The summed E-state index contributed by atoms with van der Waals surface area (Å²) in [6.07, 6.45) is 10.9. The van der Waals surface area contributed by atoms with Gasteiger partial charge in [-0.2, -0.15) is 0 Å². The van der Waals surface area contributed by atoms with Gasteiger partial charge in [0, 0.05) is 18.2 Å². The Bertz CT molecular complexity index is 714. The van der Waals surface area contributed by atoms with Gasteiger partial charge in [-0.1, -0.05) is 32.4 Å². The maximum absolute atomic E-state index is 12.9. The molecule has 0 aliphatic heterocycles. The summed E-state index contributed by atoms with van der Waals surface area (Å²) >= 11 is 0. The number of hydrogen-bond acceptors (Lipinski definition) is 3. The average Bonchev–Trinajstić information content (AvgIpc) is 2.58. The third-order valence-corrected chi connectivity index (χ3v) is 7.67. The number of likely N-dealkylation sites (N-methyl/N-ethyl adjacent to an activating group) is 1. The van der Waals surface area contributed by atoms with Gasteiger partial charge >= 0.3 is 0 Å². The maximum Gasteiger partial charge on any atom is 0.205 e. The van der Waals surface area contributed by atoms with Gasteiger partial charge in [0.15, 0.2) is 5.78 Å². The summed E-state index contributed by atoms with van der Waals surface area (Å²) in [6.45, 7) is 12.0. The van der Waals surface area contributed by atoms with E-state index in [9.17, 15) is 9.59 Å². The first-order chi connectivity index (χ1) is 12.2. The first-order valence-electron chi connectivity index (χ1n) is 10.1. The molecule has 3 rings (SSSR count). The van der Waals surface area contributed by atoms with Gasteiger partial charge in [-0.15, -0.1) is 0 Å². The highest BCUT2D eigenvalue weighted by Gasteiger charge is 2.53. The Labute approximate surface area is 158 Å². The van der Waals surface area contributed by atoms with E-state index in [1.54, 1.807) is 6.08 Å². The molecule has 0 unspecified atom stereocenters. The number of nitrogens with one attached hydrogen (secondary N) is 1. The number of carbonyl (C=O) groups is 2. The van der Waals surface area contributed by atoms with Crippen LogP contribution in [0.3, 0.4) is 0 Å². The van der Waals surface area contributed by atoms with Crippen LogP contribution in [-0.2, 0) is 9.59 Å². The Morgan fingerprint density at radius 3 is 2.62 bits per heavy atom. The molecule has 0 amide bonds. The number of hydrogen-bond donors (Lipinski definition) is 1. The fourth-order valence-corrected chi connectivity index (χ4v) is 5.73. The first kappa shape index (κ1) is 19.1. The van der Waals surface area contributed by atoms with Crippen molar-refractivity contribution >= 4 is 11.6 Å². The molecule has 0 bridgehead atoms. The summed E-state index contributed by atoms with van der Waals surface area (Å²) in [5.74, 6) is 1.05. The molecule has 0 heterocycles. The molecule has 1 saturated carbocycles. The van der Waals surface area contributed by atoms with Crippen LogP contribution in [0.25, 0.3) is 0 Å². The summed E-state index contributed by atoms with van der Waals surface area (Å²) in [4.78, 5) is 25.1. The number of fused-ring (bicyclic) bond motifs is 1. The molecule has 3 heteroatoms. The first-order valence-corrected chi connectivity index (χ1v) is 10.1. The van der Waals surface area contributed by atoms with E-state index in [1.165, 1.54) is 30.9 Å². The van der Waals surface area contributed by atoms with Crippen LogP contribution in [0.2, 0.25) is 0 Å². The summed E-state index contributed by atoms with van der Waals surface area (Å²) in [5.41, 5.74) is 2.94. The number of ketones is 2. The van der Waals surface area contributed by atoms with Gasteiger partial charge in [-0.3, -0.25) is 9.59 Å². The Balaban J connectivity index is 1.93. The molecule has 26 heavy (non-hydrogen) atoms. The number of allylic oxidation sites excluding steroid dienone is 5. The lowest BCUT2D eigenvalue weighted by atomic mass is 9.46. The maximum atomic E-state index is 12.9. The molecule has 3 nitrogen and oxygen atoms in total. The van der Waals surface area contributed by atoms with Crippen molar-refractivity contribution in [2.45, 2.75) is 66.7 Å². The zero-order chi connectivity index (χ0) is 19.1. The summed E-state index contributed by atoms with van der Waals surface area (Å²) in [6, 6.07) is 0. The fraction of sp³-hybridized carbons (Fsp3) is 0.652. The molecule has 1 fully saturated rings. The molecule has 0 aromatic rings. The largest absolute Gasteiger partial charge is 0.382 e. The second-order valence-corrected chi connectivity index (χ2v) is 9.05. The van der Waals surface area contributed by atoms with Crippen molar-refractivity contribution in [3.63, 3.8) is 0 Å². The van der Waals surface area contributed by atoms with E-state index in [0.717, 1.165) is 6.42 Å². The second kappa shape index (κ2) is 6.83. The summed E-state index contributed by atoms with van der Waals surface area (Å²) in [5, 5.41) is 3.07. The topological polar surface area (TPSA) is 46.2 Å². The highest BCUT2D eigenvalue weighted by molar-refractivity contribution is 6.20. The fourth-order valence-electron chi connectivity index (χ4n) is 5.73. The van der Waals surface area contributed by atoms with E-state index < -0.39 is 0 Å². The monoisotopic (exact) mass is 355 g/mol. The summed E-state index contributed by atoms with van der Waals surface area (Å²) in [7, 11) is 0. The molecule has 4 atom stereocenters. The quantitative estimate of drug-likeness (QED) is 0.585. The van der Waals surface area contributed by atoms with Crippen LogP contribution in [0.15, 0.2) is 35.1 Å². The third-order valence-electron chi connectivity index (χ3n) is 7.67. The van der Waals surface area contributed by atoms with E-state index in [-0.39, 0.29) is 22.4 Å². The van der Waals surface area contributed by atoms with Crippen molar-refractivity contribution in [1.29, 1.82) is 0 Å². The van der Waals surface area contributed by atoms with Crippen LogP contribution in [0.4, 0.5) is 0 Å². The van der Waals surface area contributed by atoms with Crippen LogP contribution in [-0.4, -0.2) is 18.1 Å². The zero-order valence-corrected chi connectivity index (χ0v) is 16.9. The molecule has 0 aromatic heterocycles. The molecular weight excluding hydrogens is 322 g/mol. The zero-order valence-electron chi connectivity index (χ0n) is 16.9. The molecule has 3 aliphatic carbocycles. The molecule has 1 N–H and O–H groups in total. The van der Waals surface area contributed by atoms with E-state index in [1.807, 2.05) is 6.92 Å². The lowest BCUT2D eigenvalue weighted by Crippen LogP contribution is -2.50. The second-order valence-electron chi connectivity index (χ2n) is 9.05. The van der Waals surface area contributed by atoms with Crippen molar-refractivity contribution in [2.75, 3.05) is 6.54 Å². The smallest absolute Gasteiger partial charge is 0.205 e. The SMILES string of the molecule is CCNC1=CC(=O)C=C(C[C@]2(C)[C@@H](C)CC[C@]3(C)C(C)=CCC[C@@H]23)C1=O. The normalized spacial score (nSPS) is 37.5. The van der Waals surface area contributed by atoms with Gasteiger partial charge in [0.2, 0.25) is 5.78 Å². The van der Waals surface area contributed by atoms with Gasteiger partial charge in [0.05, 0.1) is 5.70 Å². The Morgan fingerprint density at radius 2 is 1.92 bits per heavy atom. The van der Waals surface area contributed by atoms with Gasteiger partial charge in [-0.05, 0) is 74.7 Å². The third kappa shape index (κ3) is 3.00. The highest BCUT2D eigenvalue weighted by Crippen LogP contribution is 2.62. The Kier molecular flexibility index (Phi) is 5.02. The Hall–Kier alpha value is -1.64. The Morgan fingerprint density at radius 1 is 1.19 bits per heavy atom. The van der Waals surface area contributed by atoms with Crippen LogP contribution in [0, 0.1) is 22.7 Å². The molecule has 0 saturated heterocycles. The number of Topliss-reactive ketones (excluding diaryl/α,β-unsaturated/α-hetero) is 1. The van der Waals surface area contributed by atoms with Crippen LogP contribution in [0.1, 0.15) is 66.7 Å². The number of rotatable bonds is 4. The standard InChI is InChI=1S/C23H33NO2/c1-6-24-19-13-18(25)12-17(21(19)26)14-23(5)16(3)10-11-22(4)15(2)8-7-9-20(22)23/h8,12-13,16,20,24H,6-7,9-11,14H2,1-5H3/t16-,20+,22+,23+/m0/s1. The minimum Gasteiger partial charge on any atom is -0.382 e. The van der Waals surface area contributed by atoms with Crippen molar-refractivity contribution in [3.05, 3.63) is 35.1 Å². The predicted octanol–water partition coefficient (Wildman–Crippen LogP) is 4.75. The molecular formula is C23H33NO2. The highest BCUT2D eigenvalue weighted by atomic mass is 16.1. The minimum absolute atomic E-state index is 0.00947. The number of carbonyl (C=O) groups excluding carboxylic acids is 2. The predicted molar refractivity (Wildman–Crippen MR) is 106 cm³/mol. The van der Waals surface area contributed by atoms with Gasteiger partial charge in [0.25, 0.3) is 0 Å². The van der Waals surface area contributed by atoms with Gasteiger partial charge < -0.3 is 5.32 Å². The van der Waals surface area contributed by atoms with Crippen molar-refractivity contribution in [3.8, 4) is 0 Å². The van der Waals surface area contributed by atoms with Gasteiger partial charge in [-0.25, -0.2) is 0 Å². The van der Waals surface area contributed by atoms with Crippen LogP contribution >= 0.6 is 0 Å². The van der Waals surface area contributed by atoms with E-state index in [0.29, 0.717) is 36.1 Å². The van der Waals surface area contributed by atoms with Gasteiger partial charge in [0.1, 0.15) is 0 Å². The van der Waals surface area contributed by atoms with Crippen LogP contribution in [0.5, 0.6) is 0 Å². The lowest BCUT2D eigenvalue weighted by molar-refractivity contribution is -0.116. The van der Waals surface area contributed by atoms with Crippen molar-refractivity contribution in [1.82, 2.24) is 5.32 Å². The molecule has 3 aliphatic rings. The van der Waals surface area contributed by atoms with Crippen molar-refractivity contribution in [2.24, 2.45) is 22.7 Å². The lowest BCUT2D eigenvalue weighted by Gasteiger charge is -2.58. The molecule has 0 aromatic carbocycles. The van der Waals surface area contributed by atoms with E-state index in [4.69, 9.17) is 0 Å². The average molecular weight is 356 g/mol. The van der Waals surface area contributed by atoms with E-state index in [2.05, 4.69) is 39.1 Å².